The summed E-state index contributed by atoms with van der Waals surface area (Å²) in [5, 5.41) is 2.93. The van der Waals surface area contributed by atoms with Crippen LogP contribution in [-0.4, -0.2) is 32.7 Å². The zero-order valence-corrected chi connectivity index (χ0v) is 15.4. The summed E-state index contributed by atoms with van der Waals surface area (Å²) in [4.78, 5) is 12.6. The molecule has 24 heavy (non-hydrogen) atoms. The van der Waals surface area contributed by atoms with Crippen molar-refractivity contribution in [1.29, 1.82) is 0 Å². The van der Waals surface area contributed by atoms with Crippen LogP contribution in [0, 0.1) is 24.7 Å². The summed E-state index contributed by atoms with van der Waals surface area (Å²) in [6.07, 6.45) is 5.59. The minimum Gasteiger partial charge on any atom is -0.326 e. The molecular weight excluding hydrogens is 324 g/mol. The van der Waals surface area contributed by atoms with Crippen LogP contribution in [0.15, 0.2) is 23.1 Å². The molecule has 0 radical (unpaired) electrons. The fraction of sp³-hybridized carbons (Fsp3) is 0.611. The average molecular weight is 350 g/mol. The van der Waals surface area contributed by atoms with Crippen LogP contribution in [0.3, 0.4) is 0 Å². The van der Waals surface area contributed by atoms with Crippen LogP contribution in [0.4, 0.5) is 5.69 Å². The number of amides is 1. The maximum atomic E-state index is 12.4. The van der Waals surface area contributed by atoms with Gasteiger partial charge < -0.3 is 5.32 Å². The van der Waals surface area contributed by atoms with Gasteiger partial charge in [-0.25, -0.2) is 12.7 Å². The SMILES string of the molecule is Cc1ccc(S(=O)(=O)N(C)C)cc1NC(=O)CC1CC2CCC1C2. The maximum Gasteiger partial charge on any atom is 0.242 e. The highest BCUT2D eigenvalue weighted by Gasteiger charge is 2.40. The first kappa shape index (κ1) is 17.4. The van der Waals surface area contributed by atoms with Gasteiger partial charge in [0.25, 0.3) is 0 Å². The van der Waals surface area contributed by atoms with Crippen LogP contribution in [0.5, 0.6) is 0 Å². The monoisotopic (exact) mass is 350 g/mol. The lowest BCUT2D eigenvalue weighted by atomic mass is 9.86. The number of hydrogen-bond acceptors (Lipinski definition) is 3. The molecule has 1 aromatic rings. The van der Waals surface area contributed by atoms with Crippen LogP contribution in [0.2, 0.25) is 0 Å². The average Bonchev–Trinajstić information content (AvgIpc) is 3.11. The summed E-state index contributed by atoms with van der Waals surface area (Å²) in [6, 6.07) is 4.88. The number of nitrogens with zero attached hydrogens (tertiary/aromatic N) is 1. The molecule has 2 fully saturated rings. The Morgan fingerprint density at radius 3 is 2.58 bits per heavy atom. The molecule has 0 spiro atoms. The molecule has 0 aromatic heterocycles. The Hall–Kier alpha value is -1.40. The van der Waals surface area contributed by atoms with Gasteiger partial charge in [-0.15, -0.1) is 0 Å². The van der Waals surface area contributed by atoms with Crippen LogP contribution in [0.25, 0.3) is 0 Å². The van der Waals surface area contributed by atoms with Gasteiger partial charge in [0.05, 0.1) is 4.90 Å². The molecule has 3 atom stereocenters. The summed E-state index contributed by atoms with van der Waals surface area (Å²) in [5.41, 5.74) is 1.46. The van der Waals surface area contributed by atoms with Crippen molar-refractivity contribution in [3.63, 3.8) is 0 Å². The second-order valence-electron chi connectivity index (χ2n) is 7.45. The smallest absolute Gasteiger partial charge is 0.242 e. The molecule has 0 aliphatic heterocycles. The lowest BCUT2D eigenvalue weighted by Crippen LogP contribution is -2.23. The van der Waals surface area contributed by atoms with Gasteiger partial charge in [-0.05, 0) is 61.6 Å². The minimum absolute atomic E-state index is 0.00458. The number of nitrogens with one attached hydrogen (secondary N) is 1. The Kier molecular flexibility index (Phi) is 4.71. The van der Waals surface area contributed by atoms with E-state index in [0.29, 0.717) is 23.9 Å². The van der Waals surface area contributed by atoms with E-state index < -0.39 is 10.0 Å². The molecule has 2 aliphatic rings. The summed E-state index contributed by atoms with van der Waals surface area (Å²) in [6.45, 7) is 1.87. The highest BCUT2D eigenvalue weighted by atomic mass is 32.2. The van der Waals surface area contributed by atoms with Crippen molar-refractivity contribution in [2.24, 2.45) is 17.8 Å². The third-order valence-electron chi connectivity index (χ3n) is 5.59. The van der Waals surface area contributed by atoms with E-state index in [-0.39, 0.29) is 10.8 Å². The van der Waals surface area contributed by atoms with Gasteiger partial charge in [0.15, 0.2) is 0 Å². The summed E-state index contributed by atoms with van der Waals surface area (Å²) in [7, 11) is -0.494. The van der Waals surface area contributed by atoms with Gasteiger partial charge in [0, 0.05) is 26.2 Å². The second-order valence-corrected chi connectivity index (χ2v) is 9.60. The van der Waals surface area contributed by atoms with Crippen molar-refractivity contribution in [3.05, 3.63) is 23.8 Å². The van der Waals surface area contributed by atoms with E-state index in [4.69, 9.17) is 0 Å². The number of anilines is 1. The highest BCUT2D eigenvalue weighted by Crippen LogP contribution is 2.49. The Labute approximate surface area is 144 Å². The maximum absolute atomic E-state index is 12.4. The zero-order chi connectivity index (χ0) is 17.5. The first-order valence-electron chi connectivity index (χ1n) is 8.60. The molecule has 2 saturated carbocycles. The van der Waals surface area contributed by atoms with Crippen LogP contribution >= 0.6 is 0 Å². The van der Waals surface area contributed by atoms with Crippen molar-refractivity contribution in [2.75, 3.05) is 19.4 Å². The first-order chi connectivity index (χ1) is 11.3. The Morgan fingerprint density at radius 1 is 1.25 bits per heavy atom. The van der Waals surface area contributed by atoms with E-state index in [2.05, 4.69) is 5.32 Å². The highest BCUT2D eigenvalue weighted by molar-refractivity contribution is 7.89. The number of fused-ring (bicyclic) bond motifs is 2. The molecule has 1 amide bonds. The van der Waals surface area contributed by atoms with E-state index in [0.717, 1.165) is 11.5 Å². The topological polar surface area (TPSA) is 66.5 Å². The molecule has 1 N–H and O–H groups in total. The van der Waals surface area contributed by atoms with Crippen molar-refractivity contribution in [1.82, 2.24) is 4.31 Å². The Balaban J connectivity index is 1.71. The van der Waals surface area contributed by atoms with Crippen molar-refractivity contribution >= 4 is 21.6 Å². The quantitative estimate of drug-likeness (QED) is 0.888. The summed E-state index contributed by atoms with van der Waals surface area (Å²) < 4.78 is 25.7. The first-order valence-corrected chi connectivity index (χ1v) is 10.0. The van der Waals surface area contributed by atoms with E-state index in [1.807, 2.05) is 6.92 Å². The van der Waals surface area contributed by atoms with Gasteiger partial charge in [-0.2, -0.15) is 0 Å². The second kappa shape index (κ2) is 6.48. The third kappa shape index (κ3) is 3.35. The van der Waals surface area contributed by atoms with E-state index >= 15 is 0 Å². The molecule has 6 heteroatoms. The Morgan fingerprint density at radius 2 is 2.00 bits per heavy atom. The van der Waals surface area contributed by atoms with E-state index in [1.54, 1.807) is 18.2 Å². The van der Waals surface area contributed by atoms with Gasteiger partial charge in [0.2, 0.25) is 15.9 Å². The van der Waals surface area contributed by atoms with Gasteiger partial charge in [0.1, 0.15) is 0 Å². The van der Waals surface area contributed by atoms with E-state index in [1.165, 1.54) is 44.1 Å². The molecule has 3 rings (SSSR count). The largest absolute Gasteiger partial charge is 0.326 e. The molecule has 5 nitrogen and oxygen atoms in total. The molecule has 0 saturated heterocycles. The van der Waals surface area contributed by atoms with Crippen molar-refractivity contribution < 1.29 is 13.2 Å². The Bertz CT molecular complexity index is 743. The number of carbonyl (C=O) groups is 1. The van der Waals surface area contributed by atoms with Crippen molar-refractivity contribution in [2.45, 2.75) is 43.9 Å². The van der Waals surface area contributed by atoms with Gasteiger partial charge in [-0.1, -0.05) is 12.5 Å². The lowest BCUT2D eigenvalue weighted by Gasteiger charge is -2.21. The molecule has 2 aliphatic carbocycles. The minimum atomic E-state index is -3.50. The molecular formula is C18H26N2O3S. The van der Waals surface area contributed by atoms with Crippen LogP contribution in [0.1, 0.15) is 37.7 Å². The number of aryl methyl sites for hydroxylation is 1. The predicted octanol–water partition coefficient (Wildman–Crippen LogP) is 3.01. The molecule has 132 valence electrons. The molecule has 2 bridgehead atoms. The molecule has 3 unspecified atom stereocenters. The summed E-state index contributed by atoms with van der Waals surface area (Å²) >= 11 is 0. The number of carbonyl (C=O) groups excluding carboxylic acids is 1. The van der Waals surface area contributed by atoms with Gasteiger partial charge in [-0.3, -0.25) is 4.79 Å². The number of rotatable bonds is 5. The predicted molar refractivity (Wildman–Crippen MR) is 94.2 cm³/mol. The standard InChI is InChI=1S/C18H26N2O3S/c1-12-4-7-16(24(22,23)20(2)3)11-17(12)19-18(21)10-15-9-13-5-6-14(15)8-13/h4,7,11,13-15H,5-6,8-10H2,1-3H3,(H,19,21). The normalized spacial score (nSPS) is 26.1. The third-order valence-corrected chi connectivity index (χ3v) is 7.40. The number of hydrogen-bond donors (Lipinski definition) is 1. The van der Waals surface area contributed by atoms with Crippen LogP contribution in [-0.2, 0) is 14.8 Å². The van der Waals surface area contributed by atoms with E-state index in [9.17, 15) is 13.2 Å². The zero-order valence-electron chi connectivity index (χ0n) is 14.6. The lowest BCUT2D eigenvalue weighted by molar-refractivity contribution is -0.117. The molecule has 1 aromatic carbocycles. The number of benzene rings is 1. The fourth-order valence-electron chi connectivity index (χ4n) is 4.17. The van der Waals surface area contributed by atoms with Crippen molar-refractivity contribution in [3.8, 4) is 0 Å². The molecule has 0 heterocycles. The fourth-order valence-corrected chi connectivity index (χ4v) is 5.10. The van der Waals surface area contributed by atoms with Gasteiger partial charge >= 0.3 is 0 Å². The van der Waals surface area contributed by atoms with Crippen LogP contribution < -0.4 is 5.32 Å². The number of sulfonamides is 1. The summed E-state index contributed by atoms with van der Waals surface area (Å²) in [5.74, 6) is 2.03.